The highest BCUT2D eigenvalue weighted by Gasteiger charge is 2.34. The summed E-state index contributed by atoms with van der Waals surface area (Å²) in [6.45, 7) is 0. The Morgan fingerprint density at radius 2 is 1.65 bits per heavy atom. The monoisotopic (exact) mass is 372 g/mol. The third-order valence-electron chi connectivity index (χ3n) is 3.04. The second-order valence-corrected chi connectivity index (χ2v) is 7.03. The van der Waals surface area contributed by atoms with Crippen molar-refractivity contribution < 1.29 is 9.53 Å². The minimum absolute atomic E-state index is 0.351. The number of hydrogen-bond acceptors (Lipinski definition) is 3. The molecule has 1 unspecified atom stereocenters. The molecule has 0 fully saturated rings. The predicted octanol–water partition coefficient (Wildman–Crippen LogP) is 4.23. The van der Waals surface area contributed by atoms with E-state index in [-0.39, 0.29) is 0 Å². The Kier molecular flexibility index (Phi) is 5.99. The molecule has 0 aliphatic rings. The van der Waals surface area contributed by atoms with E-state index in [1.54, 1.807) is 36.4 Å². The maximum absolute atomic E-state index is 12.5. The number of para-hydroxylation sites is 2. The molecule has 0 bridgehead atoms. The summed E-state index contributed by atoms with van der Waals surface area (Å²) >= 11 is 17.9. The topological polar surface area (TPSA) is 50.4 Å². The molecule has 2 aromatic carbocycles. The van der Waals surface area contributed by atoms with Gasteiger partial charge in [-0.3, -0.25) is 4.79 Å². The van der Waals surface area contributed by atoms with E-state index in [1.807, 2.05) is 18.2 Å². The van der Waals surface area contributed by atoms with E-state index < -0.39 is 15.9 Å². The number of alkyl halides is 3. The van der Waals surface area contributed by atoms with Crippen LogP contribution in [0.15, 0.2) is 54.6 Å². The molecule has 0 heterocycles. The van der Waals surface area contributed by atoms with Crippen LogP contribution in [0.4, 0.5) is 5.69 Å². The minimum atomic E-state index is -1.74. The number of carbonyl (C=O) groups excluding carboxylic acids is 1. The molecule has 0 saturated carbocycles. The van der Waals surface area contributed by atoms with Gasteiger partial charge in [-0.2, -0.15) is 0 Å². The second kappa shape index (κ2) is 7.77. The van der Waals surface area contributed by atoms with Gasteiger partial charge in [-0.1, -0.05) is 65.1 Å². The van der Waals surface area contributed by atoms with Gasteiger partial charge in [-0.05, 0) is 24.3 Å². The Bertz CT molecular complexity index is 660. The van der Waals surface area contributed by atoms with E-state index in [0.29, 0.717) is 17.0 Å². The van der Waals surface area contributed by atoms with E-state index in [0.717, 1.165) is 0 Å². The van der Waals surface area contributed by atoms with Crippen LogP contribution in [-0.2, 0) is 0 Å². The predicted molar refractivity (Wildman–Crippen MR) is 94.6 cm³/mol. The Hall–Kier alpha value is -1.62. The molecule has 0 spiro atoms. The zero-order valence-electron chi connectivity index (χ0n) is 12.2. The molecule has 7 heteroatoms. The number of hydrogen-bond donors (Lipinski definition) is 2. The molecule has 2 aromatic rings. The summed E-state index contributed by atoms with van der Waals surface area (Å²) in [5.74, 6) is 0.0231. The van der Waals surface area contributed by atoms with Gasteiger partial charge < -0.3 is 15.4 Å². The van der Waals surface area contributed by atoms with Crippen molar-refractivity contribution in [3.05, 3.63) is 60.2 Å². The van der Waals surface area contributed by atoms with Crippen LogP contribution in [0, 0.1) is 0 Å². The summed E-state index contributed by atoms with van der Waals surface area (Å²) in [7, 11) is 1.49. The lowest BCUT2D eigenvalue weighted by molar-refractivity contribution is 0.0939. The van der Waals surface area contributed by atoms with Crippen molar-refractivity contribution in [1.82, 2.24) is 5.32 Å². The molecule has 0 aliphatic heterocycles. The number of ether oxygens (including phenoxy) is 1. The first-order valence-electron chi connectivity index (χ1n) is 6.74. The van der Waals surface area contributed by atoms with Crippen molar-refractivity contribution in [2.45, 2.75) is 9.96 Å². The molecule has 0 aromatic heterocycles. The molecular formula is C16H15Cl3N2O2. The maximum atomic E-state index is 12.5. The van der Waals surface area contributed by atoms with Crippen molar-refractivity contribution in [3.8, 4) is 5.75 Å². The van der Waals surface area contributed by atoms with Crippen LogP contribution in [-0.4, -0.2) is 23.0 Å². The molecular weight excluding hydrogens is 359 g/mol. The van der Waals surface area contributed by atoms with Crippen molar-refractivity contribution in [1.29, 1.82) is 0 Å². The zero-order chi connectivity index (χ0) is 16.9. The number of methoxy groups -OCH3 is 1. The lowest BCUT2D eigenvalue weighted by Gasteiger charge is -2.27. The fourth-order valence-electron chi connectivity index (χ4n) is 1.94. The maximum Gasteiger partial charge on any atom is 0.256 e. The molecule has 2 rings (SSSR count). The van der Waals surface area contributed by atoms with E-state index >= 15 is 0 Å². The Balaban J connectivity index is 2.19. The summed E-state index contributed by atoms with van der Waals surface area (Å²) < 4.78 is 3.43. The SMILES string of the molecule is COc1ccccc1C(=O)NC(Nc1ccccc1)C(Cl)(Cl)Cl. The van der Waals surface area contributed by atoms with Crippen LogP contribution in [0.3, 0.4) is 0 Å². The number of nitrogens with one attached hydrogen (secondary N) is 2. The molecule has 2 N–H and O–H groups in total. The van der Waals surface area contributed by atoms with Gasteiger partial charge in [0.15, 0.2) is 0 Å². The quantitative estimate of drug-likeness (QED) is 0.609. The molecule has 0 radical (unpaired) electrons. The van der Waals surface area contributed by atoms with Gasteiger partial charge >= 0.3 is 0 Å². The third-order valence-corrected chi connectivity index (χ3v) is 3.69. The smallest absolute Gasteiger partial charge is 0.256 e. The number of benzene rings is 2. The fraction of sp³-hybridized carbons (Fsp3) is 0.188. The van der Waals surface area contributed by atoms with Crippen molar-refractivity contribution in [3.63, 3.8) is 0 Å². The molecule has 1 atom stereocenters. The molecule has 23 heavy (non-hydrogen) atoms. The summed E-state index contributed by atoms with van der Waals surface area (Å²) in [6.07, 6.45) is -0.924. The van der Waals surface area contributed by atoms with Crippen molar-refractivity contribution >= 4 is 46.4 Å². The number of halogens is 3. The van der Waals surface area contributed by atoms with Gasteiger partial charge in [0.25, 0.3) is 5.91 Å². The number of anilines is 1. The molecule has 122 valence electrons. The standard InChI is InChI=1S/C16H15Cl3N2O2/c1-23-13-10-6-5-9-12(13)14(22)21-15(16(17,18)19)20-11-7-3-2-4-8-11/h2-10,15,20H,1H3,(H,21,22). The van der Waals surface area contributed by atoms with Gasteiger partial charge in [-0.15, -0.1) is 0 Å². The Labute approximate surface area is 149 Å². The summed E-state index contributed by atoms with van der Waals surface area (Å²) in [6, 6.07) is 16.0. The Morgan fingerprint density at radius 3 is 2.26 bits per heavy atom. The third kappa shape index (κ3) is 4.93. The summed E-state index contributed by atoms with van der Waals surface area (Å²) in [5, 5.41) is 5.66. The van der Waals surface area contributed by atoms with Crippen LogP contribution in [0.2, 0.25) is 0 Å². The van der Waals surface area contributed by atoms with E-state index in [9.17, 15) is 4.79 Å². The molecule has 1 amide bonds. The van der Waals surface area contributed by atoms with Crippen LogP contribution >= 0.6 is 34.8 Å². The average Bonchev–Trinajstić information content (AvgIpc) is 2.54. The minimum Gasteiger partial charge on any atom is -0.496 e. The summed E-state index contributed by atoms with van der Waals surface area (Å²) in [5.41, 5.74) is 1.06. The first kappa shape index (κ1) is 17.7. The van der Waals surface area contributed by atoms with Crippen LogP contribution < -0.4 is 15.4 Å². The highest BCUT2D eigenvalue weighted by Crippen LogP contribution is 2.31. The number of carbonyl (C=O) groups is 1. The van der Waals surface area contributed by atoms with Gasteiger partial charge in [0.1, 0.15) is 11.9 Å². The lowest BCUT2D eigenvalue weighted by Crippen LogP contribution is -2.49. The lowest BCUT2D eigenvalue weighted by atomic mass is 10.2. The molecule has 0 saturated heterocycles. The normalized spacial score (nSPS) is 12.3. The van der Waals surface area contributed by atoms with Crippen molar-refractivity contribution in [2.24, 2.45) is 0 Å². The van der Waals surface area contributed by atoms with E-state index in [4.69, 9.17) is 39.5 Å². The number of rotatable bonds is 5. The number of amides is 1. The highest BCUT2D eigenvalue weighted by molar-refractivity contribution is 6.68. The first-order valence-corrected chi connectivity index (χ1v) is 7.87. The first-order chi connectivity index (χ1) is 10.9. The van der Waals surface area contributed by atoms with Crippen molar-refractivity contribution in [2.75, 3.05) is 12.4 Å². The van der Waals surface area contributed by atoms with Crippen LogP contribution in [0.25, 0.3) is 0 Å². The average molecular weight is 374 g/mol. The van der Waals surface area contributed by atoms with E-state index in [1.165, 1.54) is 7.11 Å². The van der Waals surface area contributed by atoms with E-state index in [2.05, 4.69) is 10.6 Å². The van der Waals surface area contributed by atoms with Gasteiger partial charge in [0, 0.05) is 5.69 Å². The van der Waals surface area contributed by atoms with Crippen LogP contribution in [0.1, 0.15) is 10.4 Å². The van der Waals surface area contributed by atoms with Crippen LogP contribution in [0.5, 0.6) is 5.75 Å². The largest absolute Gasteiger partial charge is 0.496 e. The molecule has 0 aliphatic carbocycles. The van der Waals surface area contributed by atoms with Gasteiger partial charge in [0.2, 0.25) is 3.79 Å². The fourth-order valence-corrected chi connectivity index (χ4v) is 2.27. The van der Waals surface area contributed by atoms with Gasteiger partial charge in [0.05, 0.1) is 12.7 Å². The highest BCUT2D eigenvalue weighted by atomic mass is 35.6. The Morgan fingerprint density at radius 1 is 1.04 bits per heavy atom. The second-order valence-electron chi connectivity index (χ2n) is 4.66. The molecule has 4 nitrogen and oxygen atoms in total. The zero-order valence-corrected chi connectivity index (χ0v) is 14.5. The summed E-state index contributed by atoms with van der Waals surface area (Å²) in [4.78, 5) is 12.5. The van der Waals surface area contributed by atoms with Gasteiger partial charge in [-0.25, -0.2) is 0 Å².